The van der Waals surface area contributed by atoms with Gasteiger partial charge >= 0.3 is 0 Å². The summed E-state index contributed by atoms with van der Waals surface area (Å²) in [5, 5.41) is 11.1. The van der Waals surface area contributed by atoms with E-state index in [0.717, 1.165) is 18.0 Å². The zero-order valence-corrected chi connectivity index (χ0v) is 9.20. The monoisotopic (exact) mass is 212 g/mol. The van der Waals surface area contributed by atoms with E-state index in [-0.39, 0.29) is 6.10 Å². The molecule has 2 rings (SSSR count). The minimum Gasteiger partial charge on any atom is -0.392 e. The summed E-state index contributed by atoms with van der Waals surface area (Å²) >= 11 is 1.71. The second-order valence-electron chi connectivity index (χ2n) is 3.83. The van der Waals surface area contributed by atoms with Crippen LogP contribution in [0.25, 0.3) is 0 Å². The second kappa shape index (κ2) is 4.36. The number of aromatic nitrogens is 2. The average Bonchev–Trinajstić information content (AvgIpc) is 2.56. The van der Waals surface area contributed by atoms with Crippen molar-refractivity contribution in [2.45, 2.75) is 42.2 Å². The van der Waals surface area contributed by atoms with Crippen LogP contribution in [0.1, 0.15) is 25.7 Å². The van der Waals surface area contributed by atoms with Crippen LogP contribution in [-0.4, -0.2) is 26.0 Å². The minimum atomic E-state index is -0.148. The smallest absolute Gasteiger partial charge is 0.168 e. The fraction of sp³-hybridized carbons (Fsp3) is 0.700. The molecule has 1 N–H and O–H groups in total. The fourth-order valence-electron chi connectivity index (χ4n) is 1.82. The summed E-state index contributed by atoms with van der Waals surface area (Å²) in [6.07, 6.45) is 8.05. The van der Waals surface area contributed by atoms with Gasteiger partial charge in [-0.05, 0) is 12.8 Å². The molecular formula is C10H16N2OS. The molecule has 0 bridgehead atoms. The third-order valence-electron chi connectivity index (χ3n) is 2.70. The van der Waals surface area contributed by atoms with Gasteiger partial charge in [0, 0.05) is 24.7 Å². The number of aryl methyl sites for hydroxylation is 1. The van der Waals surface area contributed by atoms with Crippen molar-refractivity contribution >= 4 is 11.8 Å². The molecule has 0 unspecified atom stereocenters. The van der Waals surface area contributed by atoms with Gasteiger partial charge in [-0.15, -0.1) is 0 Å². The Bertz CT molecular complexity index is 300. The van der Waals surface area contributed by atoms with Crippen LogP contribution in [0, 0.1) is 0 Å². The van der Waals surface area contributed by atoms with Gasteiger partial charge in [0.25, 0.3) is 0 Å². The largest absolute Gasteiger partial charge is 0.392 e. The van der Waals surface area contributed by atoms with Gasteiger partial charge in [0.05, 0.1) is 6.10 Å². The fourth-order valence-corrected chi connectivity index (χ4v) is 3.01. The van der Waals surface area contributed by atoms with E-state index in [4.69, 9.17) is 0 Å². The highest BCUT2D eigenvalue weighted by molar-refractivity contribution is 7.99. The molecule has 78 valence electrons. The van der Waals surface area contributed by atoms with Crippen LogP contribution in [0.3, 0.4) is 0 Å². The van der Waals surface area contributed by atoms with Gasteiger partial charge in [-0.25, -0.2) is 4.98 Å². The number of aliphatic hydroxyl groups is 1. The number of nitrogens with zero attached hydrogens (tertiary/aromatic N) is 2. The van der Waals surface area contributed by atoms with Crippen LogP contribution < -0.4 is 0 Å². The SMILES string of the molecule is Cn1ccnc1S[C@H]1CCCC[C@@H]1O. The maximum absolute atomic E-state index is 9.80. The molecule has 1 aromatic rings. The van der Waals surface area contributed by atoms with Crippen molar-refractivity contribution in [3.8, 4) is 0 Å². The summed E-state index contributed by atoms with van der Waals surface area (Å²) in [5.41, 5.74) is 0. The highest BCUT2D eigenvalue weighted by atomic mass is 32.2. The summed E-state index contributed by atoms with van der Waals surface area (Å²) in [6, 6.07) is 0. The summed E-state index contributed by atoms with van der Waals surface area (Å²) in [7, 11) is 1.99. The standard InChI is InChI=1S/C10H16N2OS/c1-12-7-6-11-10(12)14-9-5-3-2-4-8(9)13/h6-9,13H,2-5H2,1H3/t8-,9-/m0/s1. The maximum Gasteiger partial charge on any atom is 0.168 e. The van der Waals surface area contributed by atoms with E-state index in [1.165, 1.54) is 12.8 Å². The zero-order valence-electron chi connectivity index (χ0n) is 8.39. The van der Waals surface area contributed by atoms with Crippen molar-refractivity contribution in [2.24, 2.45) is 7.05 Å². The first kappa shape index (κ1) is 10.1. The molecule has 0 radical (unpaired) electrons. The van der Waals surface area contributed by atoms with E-state index in [2.05, 4.69) is 4.98 Å². The Morgan fingerprint density at radius 2 is 2.29 bits per heavy atom. The van der Waals surface area contributed by atoms with Gasteiger partial charge in [0.1, 0.15) is 0 Å². The Morgan fingerprint density at radius 1 is 1.50 bits per heavy atom. The molecule has 1 aliphatic carbocycles. The molecule has 1 saturated carbocycles. The van der Waals surface area contributed by atoms with E-state index in [0.29, 0.717) is 5.25 Å². The molecule has 1 aliphatic rings. The Balaban J connectivity index is 1.99. The molecule has 0 aromatic carbocycles. The molecular weight excluding hydrogens is 196 g/mol. The number of thioether (sulfide) groups is 1. The highest BCUT2D eigenvalue weighted by Crippen LogP contribution is 2.32. The van der Waals surface area contributed by atoms with Crippen molar-refractivity contribution in [1.29, 1.82) is 0 Å². The second-order valence-corrected chi connectivity index (χ2v) is 5.04. The third kappa shape index (κ3) is 2.12. The molecule has 1 aromatic heterocycles. The Kier molecular flexibility index (Phi) is 3.13. The Hall–Kier alpha value is -0.480. The lowest BCUT2D eigenvalue weighted by Gasteiger charge is -2.26. The number of rotatable bonds is 2. The zero-order chi connectivity index (χ0) is 9.97. The predicted molar refractivity (Wildman–Crippen MR) is 57.3 cm³/mol. The molecule has 0 spiro atoms. The summed E-state index contributed by atoms with van der Waals surface area (Å²) in [5.74, 6) is 0. The van der Waals surface area contributed by atoms with Gasteiger partial charge < -0.3 is 9.67 Å². The quantitative estimate of drug-likeness (QED) is 0.812. The molecule has 1 fully saturated rings. The number of imidazole rings is 1. The summed E-state index contributed by atoms with van der Waals surface area (Å²) in [6.45, 7) is 0. The molecule has 14 heavy (non-hydrogen) atoms. The van der Waals surface area contributed by atoms with Crippen molar-refractivity contribution in [3.05, 3.63) is 12.4 Å². The number of hydrogen-bond acceptors (Lipinski definition) is 3. The van der Waals surface area contributed by atoms with Crippen LogP contribution in [-0.2, 0) is 7.05 Å². The maximum atomic E-state index is 9.80. The lowest BCUT2D eigenvalue weighted by atomic mass is 9.97. The van der Waals surface area contributed by atoms with Gasteiger partial charge in [-0.1, -0.05) is 24.6 Å². The van der Waals surface area contributed by atoms with E-state index in [9.17, 15) is 5.11 Å². The van der Waals surface area contributed by atoms with Crippen molar-refractivity contribution < 1.29 is 5.11 Å². The van der Waals surface area contributed by atoms with Crippen LogP contribution in [0.2, 0.25) is 0 Å². The molecule has 3 nitrogen and oxygen atoms in total. The van der Waals surface area contributed by atoms with Crippen molar-refractivity contribution in [3.63, 3.8) is 0 Å². The van der Waals surface area contributed by atoms with Crippen LogP contribution in [0.4, 0.5) is 0 Å². The summed E-state index contributed by atoms with van der Waals surface area (Å²) < 4.78 is 2.01. The van der Waals surface area contributed by atoms with Gasteiger partial charge in [0.15, 0.2) is 5.16 Å². The highest BCUT2D eigenvalue weighted by Gasteiger charge is 2.24. The lowest BCUT2D eigenvalue weighted by Crippen LogP contribution is -2.27. The van der Waals surface area contributed by atoms with E-state index < -0.39 is 0 Å². The van der Waals surface area contributed by atoms with E-state index >= 15 is 0 Å². The van der Waals surface area contributed by atoms with Crippen LogP contribution >= 0.6 is 11.8 Å². The average molecular weight is 212 g/mol. The minimum absolute atomic E-state index is 0.148. The summed E-state index contributed by atoms with van der Waals surface area (Å²) in [4.78, 5) is 4.26. The number of aliphatic hydroxyl groups excluding tert-OH is 1. The lowest BCUT2D eigenvalue weighted by molar-refractivity contribution is 0.137. The molecule has 0 amide bonds. The van der Waals surface area contributed by atoms with E-state index in [1.54, 1.807) is 18.0 Å². The molecule has 0 aliphatic heterocycles. The normalized spacial score (nSPS) is 27.9. The Morgan fingerprint density at radius 3 is 2.93 bits per heavy atom. The van der Waals surface area contributed by atoms with Gasteiger partial charge in [-0.2, -0.15) is 0 Å². The molecule has 1 heterocycles. The van der Waals surface area contributed by atoms with E-state index in [1.807, 2.05) is 17.8 Å². The predicted octanol–water partition coefficient (Wildman–Crippen LogP) is 1.82. The molecule has 0 saturated heterocycles. The van der Waals surface area contributed by atoms with Gasteiger partial charge in [0.2, 0.25) is 0 Å². The van der Waals surface area contributed by atoms with Crippen LogP contribution in [0.5, 0.6) is 0 Å². The van der Waals surface area contributed by atoms with Crippen LogP contribution in [0.15, 0.2) is 17.6 Å². The van der Waals surface area contributed by atoms with Crippen molar-refractivity contribution in [2.75, 3.05) is 0 Å². The van der Waals surface area contributed by atoms with Crippen molar-refractivity contribution in [1.82, 2.24) is 9.55 Å². The first-order chi connectivity index (χ1) is 6.77. The first-order valence-electron chi connectivity index (χ1n) is 5.09. The molecule has 4 heteroatoms. The Labute approximate surface area is 88.5 Å². The van der Waals surface area contributed by atoms with Gasteiger partial charge in [-0.3, -0.25) is 0 Å². The third-order valence-corrected chi connectivity index (χ3v) is 4.16. The topological polar surface area (TPSA) is 38.0 Å². The first-order valence-corrected chi connectivity index (χ1v) is 5.97. The number of hydrogen-bond donors (Lipinski definition) is 1. The molecule has 2 atom stereocenters.